The third-order valence-electron chi connectivity index (χ3n) is 3.14. The van der Waals surface area contributed by atoms with Gasteiger partial charge in [-0.15, -0.1) is 0 Å². The molecule has 5 nitrogen and oxygen atoms in total. The smallest absolute Gasteiger partial charge is 0.344 e. The van der Waals surface area contributed by atoms with Crippen LogP contribution in [0.3, 0.4) is 0 Å². The Balaban J connectivity index is 2.63. The first-order chi connectivity index (χ1) is 12.0. The van der Waals surface area contributed by atoms with Crippen molar-refractivity contribution in [2.75, 3.05) is 6.61 Å². The minimum Gasteiger partial charge on any atom is -0.479 e. The fraction of sp³-hybridized carbons (Fsp3) is 0.333. The second-order valence-electron chi connectivity index (χ2n) is 5.02. The Bertz CT molecular complexity index is 712. The summed E-state index contributed by atoms with van der Waals surface area (Å²) in [5.74, 6) is -0.0710. The predicted octanol–water partition coefficient (Wildman–Crippen LogP) is 5.51. The van der Waals surface area contributed by atoms with Gasteiger partial charge in [-0.25, -0.2) is 4.79 Å². The van der Waals surface area contributed by atoms with Gasteiger partial charge in [-0.2, -0.15) is 4.99 Å². The lowest BCUT2D eigenvalue weighted by Crippen LogP contribution is -2.62. The van der Waals surface area contributed by atoms with Crippen molar-refractivity contribution in [2.45, 2.75) is 20.7 Å². The van der Waals surface area contributed by atoms with Crippen LogP contribution in [-0.4, -0.2) is 37.1 Å². The van der Waals surface area contributed by atoms with Gasteiger partial charge in [0.15, 0.2) is 17.9 Å². The quantitative estimate of drug-likeness (QED) is 0.457. The molecule has 2 amide bonds. The van der Waals surface area contributed by atoms with Gasteiger partial charge >= 0.3 is 6.03 Å². The number of urea groups is 1. The molecule has 26 heavy (non-hydrogen) atoms. The van der Waals surface area contributed by atoms with Crippen molar-refractivity contribution >= 4 is 87.5 Å². The van der Waals surface area contributed by atoms with E-state index in [1.807, 2.05) is 30.3 Å². The molecule has 142 valence electrons. The highest BCUT2D eigenvalue weighted by Crippen LogP contribution is 2.40. The van der Waals surface area contributed by atoms with Crippen molar-refractivity contribution in [3.63, 3.8) is 0 Å². The van der Waals surface area contributed by atoms with E-state index in [4.69, 9.17) is 74.3 Å². The summed E-state index contributed by atoms with van der Waals surface area (Å²) in [5, 5.41) is 2.44. The number of alkyl halides is 6. The monoisotopic (exact) mass is 477 g/mol. The van der Waals surface area contributed by atoms with E-state index in [-0.39, 0.29) is 18.3 Å². The van der Waals surface area contributed by atoms with Crippen LogP contribution in [0.5, 0.6) is 0 Å². The SMILES string of the molecule is CCOC(=Cc1ccccc1)N1C(C(Cl)(Cl)Cl)=NC(=O)NC1C(Cl)(Cl)Cl. The van der Waals surface area contributed by atoms with Gasteiger partial charge in [0.1, 0.15) is 0 Å². The Labute approximate surface area is 180 Å². The number of ether oxygens (including phenoxy) is 1. The number of aliphatic imine (C=N–C) groups is 1. The summed E-state index contributed by atoms with van der Waals surface area (Å²) in [6.45, 7) is 2.03. The summed E-state index contributed by atoms with van der Waals surface area (Å²) in [4.78, 5) is 16.9. The fourth-order valence-corrected chi connectivity index (χ4v) is 3.02. The van der Waals surface area contributed by atoms with Gasteiger partial charge in [0.05, 0.1) is 6.61 Å². The number of rotatable bonds is 4. The van der Waals surface area contributed by atoms with Crippen molar-refractivity contribution in [3.8, 4) is 0 Å². The van der Waals surface area contributed by atoms with Gasteiger partial charge in [0.2, 0.25) is 7.59 Å². The molecule has 2 rings (SSSR count). The van der Waals surface area contributed by atoms with Crippen LogP contribution in [0.1, 0.15) is 12.5 Å². The van der Waals surface area contributed by atoms with Gasteiger partial charge in [-0.3, -0.25) is 4.90 Å². The van der Waals surface area contributed by atoms with Crippen LogP contribution in [0.4, 0.5) is 4.79 Å². The number of benzene rings is 1. The highest BCUT2D eigenvalue weighted by atomic mass is 35.6. The lowest BCUT2D eigenvalue weighted by Gasteiger charge is -2.42. The number of nitrogens with one attached hydrogen (secondary N) is 1. The third-order valence-corrected chi connectivity index (χ3v) is 4.26. The molecule has 1 atom stereocenters. The molecular formula is C15H13Cl6N3O2. The van der Waals surface area contributed by atoms with Gasteiger partial charge < -0.3 is 10.1 Å². The van der Waals surface area contributed by atoms with Crippen LogP contribution in [0.15, 0.2) is 41.2 Å². The minimum absolute atomic E-state index is 0.181. The number of carbonyl (C=O) groups is 1. The Hall–Kier alpha value is -0.560. The predicted molar refractivity (Wildman–Crippen MR) is 108 cm³/mol. The van der Waals surface area contributed by atoms with Crippen molar-refractivity contribution in [1.29, 1.82) is 0 Å². The topological polar surface area (TPSA) is 53.9 Å². The Kier molecular flexibility index (Phi) is 7.22. The molecule has 1 N–H and O–H groups in total. The first kappa shape index (κ1) is 21.7. The molecule has 0 saturated heterocycles. The largest absolute Gasteiger partial charge is 0.479 e. The van der Waals surface area contributed by atoms with E-state index in [1.165, 1.54) is 4.90 Å². The number of amides is 2. The molecule has 0 fully saturated rings. The van der Waals surface area contributed by atoms with E-state index in [0.717, 1.165) is 5.56 Å². The molecule has 1 heterocycles. The standard InChI is InChI=1S/C15H13Cl6N3O2/c1-2-26-10(8-9-6-4-3-5-7-9)24-11(14(16,17)18)22-13(25)23-12(24)15(19,20)21/h3-8,11H,2H2,1H3,(H,22,25). The summed E-state index contributed by atoms with van der Waals surface area (Å²) >= 11 is 36.1. The second-order valence-corrected chi connectivity index (χ2v) is 9.67. The van der Waals surface area contributed by atoms with Crippen LogP contribution >= 0.6 is 69.6 Å². The molecule has 1 aliphatic heterocycles. The number of hydrogen-bond acceptors (Lipinski definition) is 3. The number of nitrogens with zero attached hydrogens (tertiary/aromatic N) is 2. The molecule has 0 aliphatic carbocycles. The molecule has 0 saturated carbocycles. The lowest BCUT2D eigenvalue weighted by atomic mass is 10.2. The summed E-state index contributed by atoms with van der Waals surface area (Å²) in [7, 11) is 0. The maximum Gasteiger partial charge on any atom is 0.344 e. The molecule has 1 aromatic carbocycles. The van der Waals surface area contributed by atoms with E-state index in [2.05, 4.69) is 10.3 Å². The Morgan fingerprint density at radius 1 is 1.23 bits per heavy atom. The molecule has 0 aromatic heterocycles. The van der Waals surface area contributed by atoms with Crippen molar-refractivity contribution < 1.29 is 9.53 Å². The Morgan fingerprint density at radius 3 is 2.35 bits per heavy atom. The van der Waals surface area contributed by atoms with Gasteiger partial charge in [-0.1, -0.05) is 99.9 Å². The van der Waals surface area contributed by atoms with E-state index < -0.39 is 19.8 Å². The number of hydrogen-bond donors (Lipinski definition) is 1. The Morgan fingerprint density at radius 2 is 1.85 bits per heavy atom. The number of halogens is 6. The maximum atomic E-state index is 11.9. The molecule has 0 radical (unpaired) electrons. The van der Waals surface area contributed by atoms with Crippen LogP contribution in [-0.2, 0) is 4.74 Å². The molecule has 1 aliphatic rings. The molecule has 1 unspecified atom stereocenters. The third kappa shape index (κ3) is 5.47. The lowest BCUT2D eigenvalue weighted by molar-refractivity contribution is 0.129. The van der Waals surface area contributed by atoms with Crippen molar-refractivity contribution in [2.24, 2.45) is 4.99 Å². The van der Waals surface area contributed by atoms with E-state index in [9.17, 15) is 4.79 Å². The van der Waals surface area contributed by atoms with Gasteiger partial charge in [0.25, 0.3) is 0 Å². The van der Waals surface area contributed by atoms with Crippen LogP contribution < -0.4 is 5.32 Å². The average Bonchev–Trinajstić information content (AvgIpc) is 2.53. The van der Waals surface area contributed by atoms with E-state index >= 15 is 0 Å². The maximum absolute atomic E-state index is 11.9. The zero-order valence-corrected chi connectivity index (χ0v) is 17.8. The van der Waals surface area contributed by atoms with E-state index in [1.54, 1.807) is 13.0 Å². The first-order valence-electron chi connectivity index (χ1n) is 7.26. The summed E-state index contributed by atoms with van der Waals surface area (Å²) in [5.41, 5.74) is 0.777. The normalized spacial score (nSPS) is 19.1. The van der Waals surface area contributed by atoms with Crippen LogP contribution in [0.25, 0.3) is 6.08 Å². The zero-order valence-electron chi connectivity index (χ0n) is 13.2. The average molecular weight is 480 g/mol. The van der Waals surface area contributed by atoms with Crippen LogP contribution in [0.2, 0.25) is 0 Å². The highest BCUT2D eigenvalue weighted by Gasteiger charge is 2.49. The fourth-order valence-electron chi connectivity index (χ4n) is 2.17. The first-order valence-corrected chi connectivity index (χ1v) is 9.52. The number of amidine groups is 1. The van der Waals surface area contributed by atoms with Gasteiger partial charge in [0, 0.05) is 6.08 Å². The molecule has 0 spiro atoms. The summed E-state index contributed by atoms with van der Waals surface area (Å²) in [6.07, 6.45) is 0.431. The van der Waals surface area contributed by atoms with Crippen molar-refractivity contribution in [3.05, 3.63) is 41.8 Å². The zero-order chi connectivity index (χ0) is 19.5. The molecule has 1 aromatic rings. The highest BCUT2D eigenvalue weighted by molar-refractivity contribution is 6.77. The van der Waals surface area contributed by atoms with Crippen LogP contribution in [0, 0.1) is 0 Å². The minimum atomic E-state index is -2.07. The second kappa shape index (κ2) is 8.63. The number of carbonyl (C=O) groups excluding carboxylic acids is 1. The van der Waals surface area contributed by atoms with Crippen molar-refractivity contribution in [1.82, 2.24) is 10.2 Å². The summed E-state index contributed by atoms with van der Waals surface area (Å²) in [6, 6.07) is 8.38. The summed E-state index contributed by atoms with van der Waals surface area (Å²) < 4.78 is 1.63. The molecular weight excluding hydrogens is 467 g/mol. The molecule has 11 heteroatoms. The van der Waals surface area contributed by atoms with E-state index in [0.29, 0.717) is 0 Å². The van der Waals surface area contributed by atoms with Gasteiger partial charge in [-0.05, 0) is 12.5 Å². The molecule has 0 bridgehead atoms.